The lowest BCUT2D eigenvalue weighted by Gasteiger charge is -2.21. The van der Waals surface area contributed by atoms with Crippen LogP contribution in [0, 0.1) is 5.82 Å². The molecule has 0 spiro atoms. The highest BCUT2D eigenvalue weighted by Gasteiger charge is 2.37. The Labute approximate surface area is 112 Å². The topological polar surface area (TPSA) is 29.1 Å². The first-order chi connectivity index (χ1) is 8.01. The van der Waals surface area contributed by atoms with E-state index in [1.807, 2.05) is 6.92 Å². The summed E-state index contributed by atoms with van der Waals surface area (Å²) >= 11 is 4.78. The van der Waals surface area contributed by atoms with Crippen LogP contribution in [-0.2, 0) is 4.79 Å². The van der Waals surface area contributed by atoms with Gasteiger partial charge in [-0.15, -0.1) is 11.8 Å². The first-order valence-electron chi connectivity index (χ1n) is 5.42. The van der Waals surface area contributed by atoms with Gasteiger partial charge in [-0.1, -0.05) is 0 Å². The fourth-order valence-electron chi connectivity index (χ4n) is 1.80. The van der Waals surface area contributed by atoms with E-state index in [2.05, 4.69) is 21.2 Å². The van der Waals surface area contributed by atoms with E-state index < -0.39 is 0 Å². The second-order valence-corrected chi connectivity index (χ2v) is 6.72. The molecule has 17 heavy (non-hydrogen) atoms. The summed E-state index contributed by atoms with van der Waals surface area (Å²) in [6.07, 6.45) is 1.97. The highest BCUT2D eigenvalue weighted by atomic mass is 79.9. The van der Waals surface area contributed by atoms with Crippen LogP contribution in [-0.4, -0.2) is 16.4 Å². The molecule has 1 unspecified atom stereocenters. The first kappa shape index (κ1) is 12.9. The van der Waals surface area contributed by atoms with Gasteiger partial charge in [0.1, 0.15) is 5.82 Å². The second kappa shape index (κ2) is 4.98. The van der Waals surface area contributed by atoms with Gasteiger partial charge in [-0.25, -0.2) is 4.39 Å². The fourth-order valence-corrected chi connectivity index (χ4v) is 3.38. The minimum absolute atomic E-state index is 0.00138. The number of hydrogen-bond donors (Lipinski definition) is 1. The fraction of sp³-hybridized carbons (Fsp3) is 0.417. The van der Waals surface area contributed by atoms with Crippen LogP contribution in [0.2, 0.25) is 0 Å². The van der Waals surface area contributed by atoms with Crippen LogP contribution in [0.25, 0.3) is 0 Å². The molecule has 1 aromatic rings. The summed E-state index contributed by atoms with van der Waals surface area (Å²) in [5.74, 6) is 0.694. The molecule has 1 N–H and O–H groups in total. The summed E-state index contributed by atoms with van der Waals surface area (Å²) in [6, 6.07) is 4.49. The number of amides is 1. The molecule has 1 aliphatic heterocycles. The van der Waals surface area contributed by atoms with Gasteiger partial charge in [0.05, 0.1) is 9.22 Å². The normalized spacial score (nSPS) is 23.7. The minimum atomic E-state index is -0.346. The molecule has 0 aliphatic carbocycles. The van der Waals surface area contributed by atoms with Crippen LogP contribution in [0.15, 0.2) is 22.7 Å². The quantitative estimate of drug-likeness (QED) is 0.898. The lowest BCUT2D eigenvalue weighted by Crippen LogP contribution is -2.34. The van der Waals surface area contributed by atoms with E-state index >= 15 is 0 Å². The molecule has 1 saturated heterocycles. The third-order valence-electron chi connectivity index (χ3n) is 2.88. The average Bonchev–Trinajstić information content (AvgIpc) is 2.72. The summed E-state index contributed by atoms with van der Waals surface area (Å²) in [4.78, 5) is 12.1. The molecule has 5 heteroatoms. The zero-order chi connectivity index (χ0) is 12.5. The molecule has 1 aromatic carbocycles. The van der Waals surface area contributed by atoms with E-state index in [1.165, 1.54) is 6.07 Å². The zero-order valence-electron chi connectivity index (χ0n) is 9.43. The van der Waals surface area contributed by atoms with Crippen molar-refractivity contribution in [2.75, 3.05) is 11.1 Å². The Hall–Kier alpha value is -0.550. The van der Waals surface area contributed by atoms with Gasteiger partial charge in [0.15, 0.2) is 0 Å². The molecule has 1 fully saturated rings. The third kappa shape index (κ3) is 2.83. The van der Waals surface area contributed by atoms with Gasteiger partial charge in [-0.2, -0.15) is 0 Å². The SMILES string of the molecule is CC1(C(=O)Nc2ccc(F)c(Br)c2)CCCS1. The number of carbonyl (C=O) groups excluding carboxylic acids is 1. The molecule has 2 rings (SSSR count). The van der Waals surface area contributed by atoms with Crippen molar-refractivity contribution < 1.29 is 9.18 Å². The van der Waals surface area contributed by atoms with E-state index in [1.54, 1.807) is 23.9 Å². The Kier molecular flexibility index (Phi) is 3.78. The molecule has 1 aliphatic rings. The summed E-state index contributed by atoms with van der Waals surface area (Å²) in [5.41, 5.74) is 0.622. The monoisotopic (exact) mass is 317 g/mol. The van der Waals surface area contributed by atoms with Crippen LogP contribution in [0.4, 0.5) is 10.1 Å². The molecule has 2 nitrogen and oxygen atoms in total. The molecule has 1 amide bonds. The van der Waals surface area contributed by atoms with Crippen LogP contribution < -0.4 is 5.32 Å². The lowest BCUT2D eigenvalue weighted by atomic mass is 10.0. The molecule has 1 heterocycles. The molecule has 0 radical (unpaired) electrons. The van der Waals surface area contributed by atoms with Crippen molar-refractivity contribution in [3.63, 3.8) is 0 Å². The number of hydrogen-bond acceptors (Lipinski definition) is 2. The van der Waals surface area contributed by atoms with Gasteiger partial charge in [-0.05, 0) is 59.6 Å². The maximum atomic E-state index is 13.0. The van der Waals surface area contributed by atoms with E-state index in [0.29, 0.717) is 10.2 Å². The van der Waals surface area contributed by atoms with E-state index in [4.69, 9.17) is 0 Å². The van der Waals surface area contributed by atoms with Crippen molar-refractivity contribution in [3.8, 4) is 0 Å². The van der Waals surface area contributed by atoms with Crippen LogP contribution in [0.3, 0.4) is 0 Å². The van der Waals surface area contributed by atoms with Gasteiger partial charge in [0, 0.05) is 5.69 Å². The smallest absolute Gasteiger partial charge is 0.240 e. The molecular formula is C12H13BrFNOS. The number of thioether (sulfide) groups is 1. The molecular weight excluding hydrogens is 305 g/mol. The third-order valence-corrected chi connectivity index (χ3v) is 5.00. The number of rotatable bonds is 2. The van der Waals surface area contributed by atoms with Crippen molar-refractivity contribution in [1.29, 1.82) is 0 Å². The standard InChI is InChI=1S/C12H13BrFNOS/c1-12(5-2-6-17-12)11(16)15-8-3-4-10(14)9(13)7-8/h3-4,7H,2,5-6H2,1H3,(H,15,16). The van der Waals surface area contributed by atoms with Crippen LogP contribution in [0.5, 0.6) is 0 Å². The summed E-state index contributed by atoms with van der Waals surface area (Å²) in [7, 11) is 0. The predicted molar refractivity (Wildman–Crippen MR) is 72.8 cm³/mol. The molecule has 0 aromatic heterocycles. The van der Waals surface area contributed by atoms with Crippen molar-refractivity contribution in [2.24, 2.45) is 0 Å². The van der Waals surface area contributed by atoms with Crippen molar-refractivity contribution >= 4 is 39.3 Å². The van der Waals surface area contributed by atoms with Crippen molar-refractivity contribution in [1.82, 2.24) is 0 Å². The van der Waals surface area contributed by atoms with Gasteiger partial charge >= 0.3 is 0 Å². The second-order valence-electron chi connectivity index (χ2n) is 4.27. The Morgan fingerprint density at radius 1 is 1.59 bits per heavy atom. The van der Waals surface area contributed by atoms with Gasteiger partial charge in [0.2, 0.25) is 5.91 Å². The predicted octanol–water partition coefficient (Wildman–Crippen LogP) is 3.81. The van der Waals surface area contributed by atoms with Gasteiger partial charge < -0.3 is 5.32 Å². The van der Waals surface area contributed by atoms with Crippen LogP contribution in [0.1, 0.15) is 19.8 Å². The summed E-state index contributed by atoms with van der Waals surface area (Å²) in [5, 5.41) is 2.84. The van der Waals surface area contributed by atoms with E-state index in [9.17, 15) is 9.18 Å². The Balaban J connectivity index is 2.10. The molecule has 92 valence electrons. The average molecular weight is 318 g/mol. The number of nitrogens with one attached hydrogen (secondary N) is 1. The number of benzene rings is 1. The molecule has 1 atom stereocenters. The Morgan fingerprint density at radius 3 is 2.94 bits per heavy atom. The van der Waals surface area contributed by atoms with E-state index in [-0.39, 0.29) is 16.5 Å². The maximum absolute atomic E-state index is 13.0. The molecule has 0 saturated carbocycles. The van der Waals surface area contributed by atoms with Crippen LogP contribution >= 0.6 is 27.7 Å². The van der Waals surface area contributed by atoms with Gasteiger partial charge in [-0.3, -0.25) is 4.79 Å². The highest BCUT2D eigenvalue weighted by molar-refractivity contribution is 9.10. The number of carbonyl (C=O) groups is 1. The number of anilines is 1. The van der Waals surface area contributed by atoms with Gasteiger partial charge in [0.25, 0.3) is 0 Å². The lowest BCUT2D eigenvalue weighted by molar-refractivity contribution is -0.118. The zero-order valence-corrected chi connectivity index (χ0v) is 11.8. The van der Waals surface area contributed by atoms with Crippen molar-refractivity contribution in [2.45, 2.75) is 24.5 Å². The highest BCUT2D eigenvalue weighted by Crippen LogP contribution is 2.38. The Bertz CT molecular complexity index is 446. The summed E-state index contributed by atoms with van der Waals surface area (Å²) < 4.78 is 13.1. The largest absolute Gasteiger partial charge is 0.325 e. The summed E-state index contributed by atoms with van der Waals surface area (Å²) in [6.45, 7) is 1.96. The Morgan fingerprint density at radius 2 is 2.35 bits per heavy atom. The minimum Gasteiger partial charge on any atom is -0.325 e. The first-order valence-corrected chi connectivity index (χ1v) is 7.20. The van der Waals surface area contributed by atoms with E-state index in [0.717, 1.165) is 18.6 Å². The number of halogens is 2. The molecule has 0 bridgehead atoms. The maximum Gasteiger partial charge on any atom is 0.240 e. The van der Waals surface area contributed by atoms with Crippen molar-refractivity contribution in [3.05, 3.63) is 28.5 Å².